The van der Waals surface area contributed by atoms with Gasteiger partial charge in [-0.25, -0.2) is 4.98 Å². The van der Waals surface area contributed by atoms with Crippen LogP contribution in [0.4, 0.5) is 0 Å². The van der Waals surface area contributed by atoms with Crippen LogP contribution in [0.2, 0.25) is 0 Å². The van der Waals surface area contributed by atoms with Crippen molar-refractivity contribution in [3.8, 4) is 0 Å². The Bertz CT molecular complexity index is 449. The molecule has 1 N–H and O–H groups in total. The van der Waals surface area contributed by atoms with Crippen molar-refractivity contribution < 1.29 is 0 Å². The molecule has 1 aliphatic carbocycles. The van der Waals surface area contributed by atoms with Gasteiger partial charge in [-0.2, -0.15) is 0 Å². The number of nitrogens with zero attached hydrogens (tertiary/aromatic N) is 3. The van der Waals surface area contributed by atoms with Gasteiger partial charge in [-0.05, 0) is 51.1 Å². The zero-order chi connectivity index (χ0) is 14.8. The molecule has 4 nitrogen and oxygen atoms in total. The molecule has 2 heterocycles. The van der Waals surface area contributed by atoms with Gasteiger partial charge in [-0.1, -0.05) is 13.8 Å². The fraction of sp³-hybridized carbons (Fsp3) is 0.824. The highest BCUT2D eigenvalue weighted by Crippen LogP contribution is 2.32. The Morgan fingerprint density at radius 1 is 1.33 bits per heavy atom. The molecule has 0 radical (unpaired) electrons. The van der Waals surface area contributed by atoms with Crippen LogP contribution >= 0.6 is 0 Å². The molecule has 1 aliphatic heterocycles. The molecule has 2 fully saturated rings. The molecule has 1 aromatic heterocycles. The molecular weight excluding hydrogens is 260 g/mol. The summed E-state index contributed by atoms with van der Waals surface area (Å²) in [6, 6.07) is 0.701. The van der Waals surface area contributed by atoms with Gasteiger partial charge < -0.3 is 4.98 Å². The Labute approximate surface area is 128 Å². The van der Waals surface area contributed by atoms with Crippen LogP contribution in [-0.2, 0) is 6.54 Å². The second-order valence-corrected chi connectivity index (χ2v) is 7.31. The van der Waals surface area contributed by atoms with Crippen molar-refractivity contribution in [2.75, 3.05) is 26.2 Å². The molecule has 1 unspecified atom stereocenters. The fourth-order valence-corrected chi connectivity index (χ4v) is 3.53. The molecular formula is C17H30N4. The maximum Gasteiger partial charge on any atom is 0.0925 e. The predicted octanol–water partition coefficient (Wildman–Crippen LogP) is 2.66. The van der Waals surface area contributed by atoms with E-state index in [1.807, 2.05) is 6.33 Å². The number of hydrogen-bond acceptors (Lipinski definition) is 3. The van der Waals surface area contributed by atoms with Gasteiger partial charge in [0.25, 0.3) is 0 Å². The molecule has 0 amide bonds. The quantitative estimate of drug-likeness (QED) is 0.905. The summed E-state index contributed by atoms with van der Waals surface area (Å²) >= 11 is 0. The van der Waals surface area contributed by atoms with Crippen LogP contribution in [-0.4, -0.2) is 52.0 Å². The van der Waals surface area contributed by atoms with E-state index in [-0.39, 0.29) is 0 Å². The number of H-pyrrole nitrogens is 1. The highest BCUT2D eigenvalue weighted by molar-refractivity contribution is 5.08. The molecule has 1 saturated heterocycles. The van der Waals surface area contributed by atoms with E-state index in [4.69, 9.17) is 0 Å². The van der Waals surface area contributed by atoms with E-state index in [1.165, 1.54) is 56.8 Å². The zero-order valence-electron chi connectivity index (χ0n) is 13.8. The lowest BCUT2D eigenvalue weighted by atomic mass is 10.0. The first kappa shape index (κ1) is 15.0. The van der Waals surface area contributed by atoms with E-state index in [0.29, 0.717) is 6.04 Å². The first-order chi connectivity index (χ1) is 10.1. The van der Waals surface area contributed by atoms with Gasteiger partial charge in [0.1, 0.15) is 0 Å². The van der Waals surface area contributed by atoms with Crippen molar-refractivity contribution in [3.63, 3.8) is 0 Å². The second kappa shape index (κ2) is 6.49. The van der Waals surface area contributed by atoms with Crippen LogP contribution in [0.1, 0.15) is 44.5 Å². The molecule has 1 aromatic rings. The second-order valence-electron chi connectivity index (χ2n) is 7.31. The average Bonchev–Trinajstić information content (AvgIpc) is 3.20. The summed E-state index contributed by atoms with van der Waals surface area (Å²) in [7, 11) is 0. The maximum absolute atomic E-state index is 4.48. The Morgan fingerprint density at radius 3 is 2.76 bits per heavy atom. The van der Waals surface area contributed by atoms with Crippen molar-refractivity contribution in [2.24, 2.45) is 11.8 Å². The summed E-state index contributed by atoms with van der Waals surface area (Å²) in [5.74, 6) is 1.72. The third-order valence-electron chi connectivity index (χ3n) is 5.10. The largest absolute Gasteiger partial charge is 0.348 e. The minimum Gasteiger partial charge on any atom is -0.348 e. The fourth-order valence-electron chi connectivity index (χ4n) is 3.53. The first-order valence-electron chi connectivity index (χ1n) is 8.58. The van der Waals surface area contributed by atoms with Gasteiger partial charge in [-0.3, -0.25) is 9.80 Å². The van der Waals surface area contributed by atoms with Crippen molar-refractivity contribution in [3.05, 3.63) is 17.7 Å². The summed E-state index contributed by atoms with van der Waals surface area (Å²) in [5.41, 5.74) is 2.43. The van der Waals surface area contributed by atoms with Gasteiger partial charge >= 0.3 is 0 Å². The van der Waals surface area contributed by atoms with Crippen LogP contribution < -0.4 is 0 Å². The van der Waals surface area contributed by atoms with E-state index in [2.05, 4.69) is 40.5 Å². The molecule has 4 heteroatoms. The van der Waals surface area contributed by atoms with E-state index in [9.17, 15) is 0 Å². The number of hydrogen-bond donors (Lipinski definition) is 1. The number of imidazole rings is 1. The monoisotopic (exact) mass is 290 g/mol. The van der Waals surface area contributed by atoms with Crippen molar-refractivity contribution in [1.29, 1.82) is 0 Å². The summed E-state index contributed by atoms with van der Waals surface area (Å²) in [4.78, 5) is 13.1. The summed E-state index contributed by atoms with van der Waals surface area (Å²) in [6.45, 7) is 12.9. The number of nitrogens with one attached hydrogen (secondary N) is 1. The molecule has 118 valence electrons. The third kappa shape index (κ3) is 3.86. The van der Waals surface area contributed by atoms with E-state index in [1.54, 1.807) is 0 Å². The summed E-state index contributed by atoms with van der Waals surface area (Å²) in [5, 5.41) is 0. The Kier molecular flexibility index (Phi) is 4.65. The number of aryl methyl sites for hydroxylation is 1. The third-order valence-corrected chi connectivity index (χ3v) is 5.10. The molecule has 0 bridgehead atoms. The van der Waals surface area contributed by atoms with Gasteiger partial charge in [-0.15, -0.1) is 0 Å². The molecule has 3 rings (SSSR count). The van der Waals surface area contributed by atoms with Gasteiger partial charge in [0.15, 0.2) is 0 Å². The van der Waals surface area contributed by atoms with Gasteiger partial charge in [0.05, 0.1) is 12.0 Å². The molecule has 0 spiro atoms. The smallest absolute Gasteiger partial charge is 0.0925 e. The van der Waals surface area contributed by atoms with Crippen molar-refractivity contribution in [2.45, 2.75) is 52.6 Å². The molecule has 1 atom stereocenters. The zero-order valence-corrected chi connectivity index (χ0v) is 13.8. The van der Waals surface area contributed by atoms with E-state index in [0.717, 1.165) is 18.4 Å². The van der Waals surface area contributed by atoms with Crippen LogP contribution in [0.15, 0.2) is 6.33 Å². The summed E-state index contributed by atoms with van der Waals surface area (Å²) in [6.07, 6.45) is 6.02. The van der Waals surface area contributed by atoms with Crippen molar-refractivity contribution in [1.82, 2.24) is 19.8 Å². The number of aromatic amines is 1. The lowest BCUT2D eigenvalue weighted by Gasteiger charge is -2.34. The summed E-state index contributed by atoms with van der Waals surface area (Å²) < 4.78 is 0. The lowest BCUT2D eigenvalue weighted by molar-refractivity contribution is 0.131. The van der Waals surface area contributed by atoms with Crippen LogP contribution in [0.5, 0.6) is 0 Å². The Morgan fingerprint density at radius 2 is 2.14 bits per heavy atom. The standard InChI is InChI=1S/C17H30N4/c1-13(2)17-11-20(10-16-14(3)18-12-19-16)7-4-8-21(17)9-15-5-6-15/h12-13,15,17H,4-11H2,1-3H3,(H,18,19). The first-order valence-corrected chi connectivity index (χ1v) is 8.58. The SMILES string of the molecule is Cc1[nH]cnc1CN1CCCN(CC2CC2)C(C(C)C)C1. The molecule has 1 saturated carbocycles. The van der Waals surface area contributed by atoms with Gasteiger partial charge in [0.2, 0.25) is 0 Å². The minimum atomic E-state index is 0.701. The van der Waals surface area contributed by atoms with Crippen molar-refractivity contribution >= 4 is 0 Å². The topological polar surface area (TPSA) is 35.2 Å². The van der Waals surface area contributed by atoms with Gasteiger partial charge in [0, 0.05) is 31.4 Å². The van der Waals surface area contributed by atoms with Crippen LogP contribution in [0.3, 0.4) is 0 Å². The predicted molar refractivity (Wildman–Crippen MR) is 86.1 cm³/mol. The molecule has 21 heavy (non-hydrogen) atoms. The van der Waals surface area contributed by atoms with Crippen LogP contribution in [0, 0.1) is 18.8 Å². The van der Waals surface area contributed by atoms with Crippen LogP contribution in [0.25, 0.3) is 0 Å². The molecule has 2 aliphatic rings. The average molecular weight is 290 g/mol. The minimum absolute atomic E-state index is 0.701. The van der Waals surface area contributed by atoms with E-state index < -0.39 is 0 Å². The normalized spacial score (nSPS) is 25.4. The Balaban J connectivity index is 1.65. The lowest BCUT2D eigenvalue weighted by Crippen LogP contribution is -2.45. The number of rotatable bonds is 5. The van der Waals surface area contributed by atoms with E-state index >= 15 is 0 Å². The number of aromatic nitrogens is 2. The highest BCUT2D eigenvalue weighted by atomic mass is 15.3. The molecule has 0 aromatic carbocycles. The maximum atomic E-state index is 4.48. The highest BCUT2D eigenvalue weighted by Gasteiger charge is 2.32. The Hall–Kier alpha value is -0.870.